The van der Waals surface area contributed by atoms with Crippen molar-refractivity contribution in [1.82, 2.24) is 15.7 Å². The van der Waals surface area contributed by atoms with Crippen molar-refractivity contribution in [2.24, 2.45) is 11.8 Å². The molecule has 0 bridgehead atoms. The van der Waals surface area contributed by atoms with Crippen molar-refractivity contribution in [3.05, 3.63) is 59.7 Å². The van der Waals surface area contributed by atoms with E-state index in [1.165, 1.54) is 24.0 Å². The Morgan fingerprint density at radius 1 is 0.976 bits per heavy atom. The lowest BCUT2D eigenvalue weighted by molar-refractivity contribution is -0.137. The highest BCUT2D eigenvalue weighted by Crippen LogP contribution is 2.31. The molecule has 0 aliphatic rings. The molecule has 2 aromatic rings. The van der Waals surface area contributed by atoms with Gasteiger partial charge in [0.2, 0.25) is 17.7 Å². The van der Waals surface area contributed by atoms with Crippen LogP contribution in [-0.4, -0.2) is 40.9 Å². The van der Waals surface area contributed by atoms with Crippen LogP contribution in [0.3, 0.4) is 0 Å². The molecule has 1 atom stereocenters. The van der Waals surface area contributed by atoms with Crippen LogP contribution in [0.5, 0.6) is 0 Å². The van der Waals surface area contributed by atoms with Crippen LogP contribution in [0.2, 0.25) is 0 Å². The van der Waals surface area contributed by atoms with Gasteiger partial charge in [-0.3, -0.25) is 19.6 Å². The van der Waals surface area contributed by atoms with Gasteiger partial charge in [0, 0.05) is 25.4 Å². The van der Waals surface area contributed by atoms with E-state index in [0.29, 0.717) is 18.5 Å². The third-order valence-corrected chi connectivity index (χ3v) is 6.08. The lowest BCUT2D eigenvalue weighted by atomic mass is 9.93. The van der Waals surface area contributed by atoms with Crippen molar-refractivity contribution in [2.75, 3.05) is 13.1 Å². The molecule has 0 unspecified atom stereocenters. The van der Waals surface area contributed by atoms with Crippen molar-refractivity contribution in [1.29, 1.82) is 0 Å². The van der Waals surface area contributed by atoms with E-state index in [1.54, 1.807) is 17.0 Å². The van der Waals surface area contributed by atoms with E-state index in [-0.39, 0.29) is 31.3 Å². The first-order valence-corrected chi connectivity index (χ1v) is 14.1. The average molecular weight is 580 g/mol. The highest BCUT2D eigenvalue weighted by Gasteiger charge is 2.30. The Morgan fingerprint density at radius 2 is 1.61 bits per heavy atom. The molecular weight excluding hydrogens is 535 g/mol. The van der Waals surface area contributed by atoms with E-state index in [2.05, 4.69) is 19.2 Å². The molecule has 0 spiro atoms. The largest absolute Gasteiger partial charge is 0.416 e. The molecular formula is C31H44F3N3O4. The Kier molecular flexibility index (Phi) is 15.7. The smallest absolute Gasteiger partial charge is 0.347 e. The molecule has 0 heterocycles. The normalized spacial score (nSPS) is 11.8. The van der Waals surface area contributed by atoms with E-state index in [1.807, 2.05) is 32.9 Å². The highest BCUT2D eigenvalue weighted by molar-refractivity contribution is 5.88. The number of carbonyl (C=O) groups excluding carboxylic acids is 3. The topological polar surface area (TPSA) is 98.7 Å². The quantitative estimate of drug-likeness (QED) is 0.184. The summed E-state index contributed by atoms with van der Waals surface area (Å²) in [6.45, 7) is 10.6. The van der Waals surface area contributed by atoms with Crippen molar-refractivity contribution in [2.45, 2.75) is 79.4 Å². The number of hydrogen-bond acceptors (Lipinski definition) is 4. The molecule has 7 nitrogen and oxygen atoms in total. The third kappa shape index (κ3) is 13.2. The molecule has 0 aromatic heterocycles. The molecule has 0 aliphatic carbocycles. The van der Waals surface area contributed by atoms with Gasteiger partial charge in [0.15, 0.2) is 0 Å². The molecule has 3 amide bonds. The lowest BCUT2D eigenvalue weighted by Crippen LogP contribution is -2.43. The van der Waals surface area contributed by atoms with Crippen molar-refractivity contribution >= 4 is 17.7 Å². The Bertz CT molecular complexity index is 1090. The number of alkyl halides is 3. The number of nitrogens with one attached hydrogen (secondary N) is 2. The number of hydroxylamine groups is 1. The van der Waals surface area contributed by atoms with Crippen molar-refractivity contribution < 1.29 is 32.8 Å². The van der Waals surface area contributed by atoms with Crippen molar-refractivity contribution in [3.8, 4) is 11.1 Å². The fourth-order valence-corrected chi connectivity index (χ4v) is 4.10. The van der Waals surface area contributed by atoms with Gasteiger partial charge in [0.1, 0.15) is 0 Å². The van der Waals surface area contributed by atoms with E-state index < -0.39 is 29.5 Å². The standard InChI is InChI=1S/C28H36F3N3O4.C3H8/c1-4-5-13-34(26(36)17-32-27(37)23(14-19(2)3)16-25(35)33-38)18-20-7-6-8-22(15-20)21-9-11-24(12-10-21)28(29,30)31;1-3-2/h6-12,15,19,23,38H,4-5,13-14,16-18H2,1-3H3,(H,32,37)(H,33,35);3H2,1-2H3/t23-;/m1./s1. The van der Waals surface area contributed by atoms with Crippen LogP contribution >= 0.6 is 0 Å². The van der Waals surface area contributed by atoms with Gasteiger partial charge in [-0.25, -0.2) is 5.48 Å². The molecule has 0 aliphatic heterocycles. The first-order valence-electron chi connectivity index (χ1n) is 14.1. The second kappa shape index (κ2) is 18.1. The summed E-state index contributed by atoms with van der Waals surface area (Å²) in [5.74, 6) is -1.95. The SMILES string of the molecule is CCC.CCCCN(Cc1cccc(-c2ccc(C(F)(F)F)cc2)c1)C(=O)CNC(=O)[C@@H](CC(=O)NO)CC(C)C. The monoisotopic (exact) mass is 579 g/mol. The van der Waals surface area contributed by atoms with Gasteiger partial charge < -0.3 is 10.2 Å². The van der Waals surface area contributed by atoms with Crippen molar-refractivity contribution in [3.63, 3.8) is 0 Å². The highest BCUT2D eigenvalue weighted by atomic mass is 19.4. The average Bonchev–Trinajstić information content (AvgIpc) is 2.93. The maximum atomic E-state index is 13.1. The summed E-state index contributed by atoms with van der Waals surface area (Å²) < 4.78 is 38.7. The molecule has 0 saturated heterocycles. The summed E-state index contributed by atoms with van der Waals surface area (Å²) in [6, 6.07) is 12.2. The van der Waals surface area contributed by atoms with Gasteiger partial charge in [-0.2, -0.15) is 13.2 Å². The van der Waals surface area contributed by atoms with E-state index in [9.17, 15) is 27.6 Å². The predicted molar refractivity (Wildman–Crippen MR) is 154 cm³/mol. The van der Waals surface area contributed by atoms with E-state index in [4.69, 9.17) is 5.21 Å². The molecule has 2 rings (SSSR count). The maximum Gasteiger partial charge on any atom is 0.416 e. The van der Waals surface area contributed by atoms with E-state index in [0.717, 1.165) is 36.1 Å². The molecule has 228 valence electrons. The number of nitrogens with zero attached hydrogens (tertiary/aromatic N) is 1. The van der Waals surface area contributed by atoms with Crippen LogP contribution in [0.15, 0.2) is 48.5 Å². The molecule has 0 fully saturated rings. The summed E-state index contributed by atoms with van der Waals surface area (Å²) in [6.07, 6.45) is -1.32. The van der Waals surface area contributed by atoms with Crippen LogP contribution in [0.25, 0.3) is 11.1 Å². The zero-order valence-electron chi connectivity index (χ0n) is 24.7. The number of carbonyl (C=O) groups is 3. The Hall–Kier alpha value is -3.40. The predicted octanol–water partition coefficient (Wildman–Crippen LogP) is 6.59. The molecule has 2 aromatic carbocycles. The first-order chi connectivity index (χ1) is 19.4. The molecule has 0 radical (unpaired) electrons. The summed E-state index contributed by atoms with van der Waals surface area (Å²) in [7, 11) is 0. The summed E-state index contributed by atoms with van der Waals surface area (Å²) in [5.41, 5.74) is 2.98. The second-order valence-corrected chi connectivity index (χ2v) is 10.4. The Morgan fingerprint density at radius 3 is 2.15 bits per heavy atom. The number of amides is 3. The molecule has 0 saturated carbocycles. The van der Waals surface area contributed by atoms with Gasteiger partial charge in [-0.05, 0) is 53.6 Å². The van der Waals surface area contributed by atoms with Gasteiger partial charge in [-0.1, -0.05) is 77.8 Å². The molecule has 3 N–H and O–H groups in total. The molecule has 41 heavy (non-hydrogen) atoms. The Labute approximate surface area is 241 Å². The van der Waals surface area contributed by atoms with Gasteiger partial charge in [0.05, 0.1) is 12.1 Å². The summed E-state index contributed by atoms with van der Waals surface area (Å²) in [5, 5.41) is 11.4. The Balaban J connectivity index is 0.00000268. The summed E-state index contributed by atoms with van der Waals surface area (Å²) >= 11 is 0. The van der Waals surface area contributed by atoms with Crippen LogP contribution in [0.4, 0.5) is 13.2 Å². The zero-order chi connectivity index (χ0) is 31.0. The number of rotatable bonds is 13. The lowest BCUT2D eigenvalue weighted by Gasteiger charge is -2.24. The number of benzene rings is 2. The third-order valence-electron chi connectivity index (χ3n) is 6.08. The molecule has 10 heteroatoms. The number of unbranched alkanes of at least 4 members (excludes halogenated alkanes) is 1. The fourth-order valence-electron chi connectivity index (χ4n) is 4.10. The first kappa shape index (κ1) is 35.6. The minimum atomic E-state index is -4.41. The maximum absolute atomic E-state index is 13.1. The number of halogens is 3. The minimum Gasteiger partial charge on any atom is -0.347 e. The van der Waals surface area contributed by atoms with Crippen LogP contribution < -0.4 is 10.8 Å². The summed E-state index contributed by atoms with van der Waals surface area (Å²) in [4.78, 5) is 39.0. The second-order valence-electron chi connectivity index (χ2n) is 10.4. The minimum absolute atomic E-state index is 0.130. The zero-order valence-corrected chi connectivity index (χ0v) is 24.7. The van der Waals surface area contributed by atoms with Crippen LogP contribution in [0, 0.1) is 11.8 Å². The van der Waals surface area contributed by atoms with Crippen LogP contribution in [-0.2, 0) is 27.1 Å². The van der Waals surface area contributed by atoms with E-state index >= 15 is 0 Å². The number of hydrogen-bond donors (Lipinski definition) is 3. The van der Waals surface area contributed by atoms with Gasteiger partial charge >= 0.3 is 6.18 Å². The fraction of sp³-hybridized carbons (Fsp3) is 0.516. The van der Waals surface area contributed by atoms with Gasteiger partial charge in [-0.15, -0.1) is 0 Å². The van der Waals surface area contributed by atoms with Gasteiger partial charge in [0.25, 0.3) is 0 Å². The van der Waals surface area contributed by atoms with Crippen LogP contribution in [0.1, 0.15) is 77.8 Å².